The maximum Gasteiger partial charge on any atom is 0.293 e. The lowest BCUT2D eigenvalue weighted by molar-refractivity contribution is 0.0992. The molecular weight excluding hydrogens is 350 g/mol. The van der Waals surface area contributed by atoms with Crippen molar-refractivity contribution in [3.8, 4) is 11.7 Å². The first-order valence-electron chi connectivity index (χ1n) is 8.58. The van der Waals surface area contributed by atoms with E-state index in [0.29, 0.717) is 16.8 Å². The highest BCUT2D eigenvalue weighted by molar-refractivity contribution is 7.15. The third kappa shape index (κ3) is 3.95. The van der Waals surface area contributed by atoms with Gasteiger partial charge in [-0.15, -0.1) is 11.3 Å². The summed E-state index contributed by atoms with van der Waals surface area (Å²) >= 11 is 1.53. The van der Waals surface area contributed by atoms with Crippen LogP contribution < -0.4 is 15.4 Å². The molecule has 1 fully saturated rings. The normalized spacial score (nSPS) is 14.9. The zero-order chi connectivity index (χ0) is 17.8. The molecule has 1 aromatic carbocycles. The summed E-state index contributed by atoms with van der Waals surface area (Å²) in [6.07, 6.45) is 4.07. The number of thiazole rings is 1. The number of rotatable bonds is 5. The molecule has 134 valence electrons. The lowest BCUT2D eigenvalue weighted by Crippen LogP contribution is -2.26. The summed E-state index contributed by atoms with van der Waals surface area (Å²) in [5.41, 5.74) is 0. The van der Waals surface area contributed by atoms with E-state index < -0.39 is 0 Å². The number of ether oxygens (including phenoxy) is 1. The molecule has 26 heavy (non-hydrogen) atoms. The highest BCUT2D eigenvalue weighted by Crippen LogP contribution is 2.32. The molecule has 1 aliphatic rings. The highest BCUT2D eigenvalue weighted by atomic mass is 32.1. The second kappa shape index (κ2) is 7.72. The number of carbonyl (C=O) groups is 1. The minimum Gasteiger partial charge on any atom is -0.426 e. The van der Waals surface area contributed by atoms with Crippen LogP contribution in [0.25, 0.3) is 0 Å². The molecular formula is C19H19N3O3S. The van der Waals surface area contributed by atoms with Crippen LogP contribution in [-0.4, -0.2) is 24.0 Å². The SMILES string of the molecule is O=C(Nc1ncc(C2CCNCC2)s1)c1ccc(Oc2ccccc2)o1. The molecule has 0 unspecified atom stereocenters. The monoisotopic (exact) mass is 369 g/mol. The van der Waals surface area contributed by atoms with Gasteiger partial charge >= 0.3 is 0 Å². The summed E-state index contributed by atoms with van der Waals surface area (Å²) in [7, 11) is 0. The van der Waals surface area contributed by atoms with Crippen molar-refractivity contribution in [3.05, 3.63) is 59.3 Å². The molecule has 1 saturated heterocycles. The molecule has 0 bridgehead atoms. The Morgan fingerprint density at radius 2 is 2.00 bits per heavy atom. The average Bonchev–Trinajstić information content (AvgIpc) is 3.33. The fourth-order valence-corrected chi connectivity index (χ4v) is 3.88. The second-order valence-electron chi connectivity index (χ2n) is 6.08. The number of benzene rings is 1. The number of nitrogens with one attached hydrogen (secondary N) is 2. The first kappa shape index (κ1) is 16.8. The van der Waals surface area contributed by atoms with E-state index in [-0.39, 0.29) is 17.6 Å². The first-order valence-corrected chi connectivity index (χ1v) is 9.40. The number of hydrogen-bond donors (Lipinski definition) is 2. The quantitative estimate of drug-likeness (QED) is 0.703. The lowest BCUT2D eigenvalue weighted by Gasteiger charge is -2.20. The number of para-hydroxylation sites is 1. The molecule has 3 aromatic rings. The van der Waals surface area contributed by atoms with Gasteiger partial charge in [-0.25, -0.2) is 4.98 Å². The summed E-state index contributed by atoms with van der Waals surface area (Å²) < 4.78 is 11.1. The van der Waals surface area contributed by atoms with Gasteiger partial charge in [-0.1, -0.05) is 18.2 Å². The van der Waals surface area contributed by atoms with E-state index in [9.17, 15) is 4.79 Å². The van der Waals surface area contributed by atoms with Crippen molar-refractivity contribution in [2.24, 2.45) is 0 Å². The van der Waals surface area contributed by atoms with E-state index >= 15 is 0 Å². The van der Waals surface area contributed by atoms with Crippen molar-refractivity contribution in [2.75, 3.05) is 18.4 Å². The fourth-order valence-electron chi connectivity index (χ4n) is 2.90. The van der Waals surface area contributed by atoms with Crippen molar-refractivity contribution in [3.63, 3.8) is 0 Å². The largest absolute Gasteiger partial charge is 0.426 e. The Kier molecular flexibility index (Phi) is 4.99. The molecule has 1 aliphatic heterocycles. The van der Waals surface area contributed by atoms with E-state index in [1.165, 1.54) is 16.2 Å². The van der Waals surface area contributed by atoms with Gasteiger partial charge in [-0.2, -0.15) is 0 Å². The molecule has 0 atom stereocenters. The van der Waals surface area contributed by atoms with E-state index in [1.807, 2.05) is 36.5 Å². The minimum absolute atomic E-state index is 0.189. The van der Waals surface area contributed by atoms with Crippen LogP contribution in [0.15, 0.2) is 53.1 Å². The van der Waals surface area contributed by atoms with Crippen LogP contribution in [0.1, 0.15) is 34.2 Å². The van der Waals surface area contributed by atoms with E-state index in [4.69, 9.17) is 9.15 Å². The topological polar surface area (TPSA) is 76.4 Å². The summed E-state index contributed by atoms with van der Waals surface area (Å²) in [6.45, 7) is 2.06. The Morgan fingerprint density at radius 1 is 1.19 bits per heavy atom. The average molecular weight is 369 g/mol. The van der Waals surface area contributed by atoms with Gasteiger partial charge in [0.2, 0.25) is 0 Å². The van der Waals surface area contributed by atoms with Gasteiger partial charge in [-0.3, -0.25) is 10.1 Å². The molecule has 6 nitrogen and oxygen atoms in total. The van der Waals surface area contributed by atoms with Crippen molar-refractivity contribution in [2.45, 2.75) is 18.8 Å². The number of aromatic nitrogens is 1. The van der Waals surface area contributed by atoms with Crippen LogP contribution >= 0.6 is 11.3 Å². The van der Waals surface area contributed by atoms with Crippen molar-refractivity contribution >= 4 is 22.4 Å². The van der Waals surface area contributed by atoms with Gasteiger partial charge in [-0.05, 0) is 50.0 Å². The van der Waals surface area contributed by atoms with Crippen LogP contribution in [0.5, 0.6) is 11.7 Å². The lowest BCUT2D eigenvalue weighted by atomic mass is 9.97. The zero-order valence-electron chi connectivity index (χ0n) is 14.1. The number of piperidine rings is 1. The van der Waals surface area contributed by atoms with Gasteiger partial charge < -0.3 is 14.5 Å². The van der Waals surface area contributed by atoms with Crippen molar-refractivity contribution in [1.29, 1.82) is 0 Å². The fraction of sp³-hybridized carbons (Fsp3) is 0.263. The van der Waals surface area contributed by atoms with Crippen LogP contribution in [0, 0.1) is 0 Å². The predicted molar refractivity (Wildman–Crippen MR) is 100 cm³/mol. The van der Waals surface area contributed by atoms with Gasteiger partial charge in [0.05, 0.1) is 0 Å². The van der Waals surface area contributed by atoms with E-state index in [1.54, 1.807) is 12.1 Å². The third-order valence-corrected chi connectivity index (χ3v) is 5.33. The molecule has 7 heteroatoms. The maximum atomic E-state index is 12.4. The van der Waals surface area contributed by atoms with Gasteiger partial charge in [0.25, 0.3) is 11.9 Å². The summed E-state index contributed by atoms with van der Waals surface area (Å²) in [5.74, 6) is 1.30. The Hall–Kier alpha value is -2.64. The zero-order valence-corrected chi connectivity index (χ0v) is 14.9. The molecule has 2 N–H and O–H groups in total. The first-order chi connectivity index (χ1) is 12.8. The Labute approximate surface area is 155 Å². The van der Waals surface area contributed by atoms with Crippen LogP contribution in [0.4, 0.5) is 5.13 Å². The summed E-state index contributed by atoms with van der Waals surface area (Å²) in [6, 6.07) is 12.5. The predicted octanol–water partition coefficient (Wildman–Crippen LogP) is 4.25. The molecule has 0 aliphatic carbocycles. The van der Waals surface area contributed by atoms with Crippen LogP contribution in [0.2, 0.25) is 0 Å². The summed E-state index contributed by atoms with van der Waals surface area (Å²) in [4.78, 5) is 17.9. The van der Waals surface area contributed by atoms with Gasteiger partial charge in [0.15, 0.2) is 10.9 Å². The molecule has 2 aromatic heterocycles. The van der Waals surface area contributed by atoms with Crippen molar-refractivity contribution in [1.82, 2.24) is 10.3 Å². The van der Waals surface area contributed by atoms with Crippen LogP contribution in [0.3, 0.4) is 0 Å². The van der Waals surface area contributed by atoms with Crippen molar-refractivity contribution < 1.29 is 13.9 Å². The second-order valence-corrected chi connectivity index (χ2v) is 7.14. The Morgan fingerprint density at radius 3 is 2.81 bits per heavy atom. The van der Waals surface area contributed by atoms with Gasteiger partial charge in [0.1, 0.15) is 5.75 Å². The standard InChI is InChI=1S/C19H19N3O3S/c23-18(15-6-7-17(25-15)24-14-4-2-1-3-5-14)22-19-21-12-16(26-19)13-8-10-20-11-9-13/h1-7,12-13,20H,8-11H2,(H,21,22,23). The third-order valence-electron chi connectivity index (χ3n) is 4.25. The Bertz CT molecular complexity index is 869. The number of hydrogen-bond acceptors (Lipinski definition) is 6. The van der Waals surface area contributed by atoms with Gasteiger partial charge in [0, 0.05) is 17.1 Å². The number of carbonyl (C=O) groups excluding carboxylic acids is 1. The molecule has 3 heterocycles. The van der Waals surface area contributed by atoms with E-state index in [2.05, 4.69) is 15.6 Å². The molecule has 0 spiro atoms. The number of nitrogens with zero attached hydrogens (tertiary/aromatic N) is 1. The minimum atomic E-state index is -0.334. The highest BCUT2D eigenvalue weighted by Gasteiger charge is 2.19. The smallest absolute Gasteiger partial charge is 0.293 e. The molecule has 0 radical (unpaired) electrons. The maximum absolute atomic E-state index is 12.4. The number of anilines is 1. The number of amides is 1. The Balaban J connectivity index is 1.38. The number of furan rings is 1. The molecule has 0 saturated carbocycles. The molecule has 4 rings (SSSR count). The molecule has 1 amide bonds. The van der Waals surface area contributed by atoms with E-state index in [0.717, 1.165) is 25.9 Å². The van der Waals surface area contributed by atoms with Crippen LogP contribution in [-0.2, 0) is 0 Å². The summed E-state index contributed by atoms with van der Waals surface area (Å²) in [5, 5.41) is 6.74.